The molecule has 0 bridgehead atoms. The Balaban J connectivity index is 1.68. The number of rotatable bonds is 5. The first kappa shape index (κ1) is 15.6. The summed E-state index contributed by atoms with van der Waals surface area (Å²) in [6, 6.07) is 13.2. The predicted octanol–water partition coefficient (Wildman–Crippen LogP) is 2.85. The van der Waals surface area contributed by atoms with Crippen LogP contribution in [0.5, 0.6) is 0 Å². The number of aryl methyl sites for hydroxylation is 1. The van der Waals surface area contributed by atoms with E-state index in [1.807, 2.05) is 43.3 Å². The lowest BCUT2D eigenvalue weighted by atomic mass is 10.2. The number of aromatic nitrogens is 3. The summed E-state index contributed by atoms with van der Waals surface area (Å²) in [5.41, 5.74) is 3.28. The smallest absolute Gasteiger partial charge is 0.270 e. The molecule has 2 heterocycles. The predicted molar refractivity (Wildman–Crippen MR) is 91.9 cm³/mol. The largest absolute Gasteiger partial charge is 0.347 e. The molecule has 6 nitrogen and oxygen atoms in total. The maximum absolute atomic E-state index is 12.2. The van der Waals surface area contributed by atoms with Gasteiger partial charge in [0, 0.05) is 30.7 Å². The van der Waals surface area contributed by atoms with E-state index in [1.165, 1.54) is 6.33 Å². The number of hydrogen-bond acceptors (Lipinski definition) is 5. The lowest BCUT2D eigenvalue weighted by Crippen LogP contribution is -2.24. The average Bonchev–Trinajstić information content (AvgIpc) is 2.63. The quantitative estimate of drug-likeness (QED) is 0.756. The van der Waals surface area contributed by atoms with Crippen molar-refractivity contribution in [2.75, 3.05) is 5.32 Å². The maximum atomic E-state index is 12.2. The zero-order chi connectivity index (χ0) is 16.8. The van der Waals surface area contributed by atoms with Gasteiger partial charge in [0.2, 0.25) is 0 Å². The molecule has 0 unspecified atom stereocenters. The van der Waals surface area contributed by atoms with Gasteiger partial charge in [-0.2, -0.15) is 0 Å². The highest BCUT2D eigenvalue weighted by Crippen LogP contribution is 2.18. The lowest BCUT2D eigenvalue weighted by Gasteiger charge is -2.09. The Bertz CT molecular complexity index is 836. The summed E-state index contributed by atoms with van der Waals surface area (Å²) < 4.78 is 0. The van der Waals surface area contributed by atoms with E-state index in [2.05, 4.69) is 25.6 Å². The molecule has 6 heteroatoms. The fraction of sp³-hybridized carbons (Fsp3) is 0.111. The summed E-state index contributed by atoms with van der Waals surface area (Å²) in [5, 5.41) is 6.02. The number of carbonyl (C=O) groups is 1. The van der Waals surface area contributed by atoms with Crippen LogP contribution in [0.4, 0.5) is 11.5 Å². The van der Waals surface area contributed by atoms with Crippen LogP contribution >= 0.6 is 0 Å². The first-order chi connectivity index (χ1) is 11.7. The molecule has 2 N–H and O–H groups in total. The molecule has 0 fully saturated rings. The third-order valence-corrected chi connectivity index (χ3v) is 3.48. The van der Waals surface area contributed by atoms with Crippen LogP contribution in [0.15, 0.2) is 61.2 Å². The molecule has 3 aromatic rings. The lowest BCUT2D eigenvalue weighted by molar-refractivity contribution is 0.0946. The summed E-state index contributed by atoms with van der Waals surface area (Å²) in [6.07, 6.45) is 4.78. The highest BCUT2D eigenvalue weighted by atomic mass is 16.1. The minimum absolute atomic E-state index is 0.255. The van der Waals surface area contributed by atoms with Crippen molar-refractivity contribution in [2.24, 2.45) is 0 Å². The van der Waals surface area contributed by atoms with E-state index in [4.69, 9.17) is 0 Å². The normalized spacial score (nSPS) is 10.2. The monoisotopic (exact) mass is 319 g/mol. The van der Waals surface area contributed by atoms with Crippen molar-refractivity contribution in [3.8, 4) is 0 Å². The van der Waals surface area contributed by atoms with Crippen molar-refractivity contribution in [3.05, 3.63) is 78.0 Å². The second-order valence-electron chi connectivity index (χ2n) is 5.27. The Labute approximate surface area is 140 Å². The number of anilines is 2. The molecule has 0 spiro atoms. The molecule has 0 radical (unpaired) electrons. The maximum Gasteiger partial charge on any atom is 0.270 e. The molecule has 0 atom stereocenters. The van der Waals surface area contributed by atoms with Gasteiger partial charge in [-0.3, -0.25) is 9.78 Å². The number of nitrogens with zero attached hydrogens (tertiary/aromatic N) is 3. The van der Waals surface area contributed by atoms with Gasteiger partial charge in [0.25, 0.3) is 5.91 Å². The van der Waals surface area contributed by atoms with Crippen LogP contribution in [-0.2, 0) is 6.54 Å². The summed E-state index contributed by atoms with van der Waals surface area (Å²) >= 11 is 0. The molecule has 0 saturated carbocycles. The molecule has 1 amide bonds. The van der Waals surface area contributed by atoms with Crippen LogP contribution < -0.4 is 10.6 Å². The molecule has 2 aromatic heterocycles. The molecule has 3 rings (SSSR count). The third kappa shape index (κ3) is 3.92. The van der Waals surface area contributed by atoms with Crippen LogP contribution in [0.3, 0.4) is 0 Å². The molecule has 0 aliphatic rings. The van der Waals surface area contributed by atoms with Crippen LogP contribution in [0, 0.1) is 6.92 Å². The molecule has 0 aliphatic heterocycles. The number of hydrogen-bond donors (Lipinski definition) is 2. The van der Waals surface area contributed by atoms with Crippen LogP contribution in [-0.4, -0.2) is 20.9 Å². The number of nitrogens with one attached hydrogen (secondary N) is 2. The van der Waals surface area contributed by atoms with Gasteiger partial charge in [-0.1, -0.05) is 24.3 Å². The second kappa shape index (κ2) is 7.32. The molecule has 0 aliphatic carbocycles. The number of amides is 1. The van der Waals surface area contributed by atoms with Gasteiger partial charge in [0.05, 0.1) is 0 Å². The van der Waals surface area contributed by atoms with Crippen molar-refractivity contribution in [2.45, 2.75) is 13.5 Å². The summed E-state index contributed by atoms with van der Waals surface area (Å²) in [5.74, 6) is 0.319. The van der Waals surface area contributed by atoms with E-state index in [0.717, 1.165) is 16.8 Å². The van der Waals surface area contributed by atoms with E-state index in [9.17, 15) is 4.79 Å². The minimum atomic E-state index is -0.255. The molecular formula is C18H17N5O. The van der Waals surface area contributed by atoms with Crippen molar-refractivity contribution in [3.63, 3.8) is 0 Å². The molecule has 0 saturated heterocycles. The zero-order valence-corrected chi connectivity index (χ0v) is 13.2. The van der Waals surface area contributed by atoms with Gasteiger partial charge >= 0.3 is 0 Å². The summed E-state index contributed by atoms with van der Waals surface area (Å²) in [7, 11) is 0. The van der Waals surface area contributed by atoms with Crippen molar-refractivity contribution in [1.29, 1.82) is 0 Å². The highest BCUT2D eigenvalue weighted by Gasteiger charge is 2.09. The first-order valence-corrected chi connectivity index (χ1v) is 7.54. The zero-order valence-electron chi connectivity index (χ0n) is 13.2. The van der Waals surface area contributed by atoms with Crippen LogP contribution in [0.2, 0.25) is 0 Å². The Morgan fingerprint density at radius 1 is 1.12 bits per heavy atom. The van der Waals surface area contributed by atoms with E-state index in [1.54, 1.807) is 18.5 Å². The van der Waals surface area contributed by atoms with Gasteiger partial charge in [0.15, 0.2) is 0 Å². The van der Waals surface area contributed by atoms with Crippen LogP contribution in [0.1, 0.15) is 21.6 Å². The fourth-order valence-electron chi connectivity index (χ4n) is 2.18. The number of benzene rings is 1. The SMILES string of the molecule is Cc1ccccc1Nc1cc(C(=O)NCc2cccnc2)ncn1. The van der Waals surface area contributed by atoms with Crippen LogP contribution in [0.25, 0.3) is 0 Å². The van der Waals surface area contributed by atoms with Gasteiger partial charge < -0.3 is 10.6 Å². The number of carbonyl (C=O) groups excluding carboxylic acids is 1. The van der Waals surface area contributed by atoms with E-state index in [-0.39, 0.29) is 5.91 Å². The minimum Gasteiger partial charge on any atom is -0.347 e. The average molecular weight is 319 g/mol. The topological polar surface area (TPSA) is 79.8 Å². The Kier molecular flexibility index (Phi) is 4.76. The Morgan fingerprint density at radius 3 is 2.79 bits per heavy atom. The molecular weight excluding hydrogens is 302 g/mol. The van der Waals surface area contributed by atoms with Crippen molar-refractivity contribution < 1.29 is 4.79 Å². The van der Waals surface area contributed by atoms with Crippen molar-refractivity contribution >= 4 is 17.4 Å². The first-order valence-electron chi connectivity index (χ1n) is 7.54. The third-order valence-electron chi connectivity index (χ3n) is 3.48. The second-order valence-corrected chi connectivity index (χ2v) is 5.27. The van der Waals surface area contributed by atoms with E-state index >= 15 is 0 Å². The number of pyridine rings is 1. The number of para-hydroxylation sites is 1. The van der Waals surface area contributed by atoms with Gasteiger partial charge in [-0.05, 0) is 30.2 Å². The molecule has 24 heavy (non-hydrogen) atoms. The van der Waals surface area contributed by atoms with Crippen molar-refractivity contribution in [1.82, 2.24) is 20.3 Å². The van der Waals surface area contributed by atoms with Gasteiger partial charge in [-0.25, -0.2) is 9.97 Å². The van der Waals surface area contributed by atoms with E-state index in [0.29, 0.717) is 18.1 Å². The Hall–Kier alpha value is -3.28. The van der Waals surface area contributed by atoms with Gasteiger partial charge in [0.1, 0.15) is 17.8 Å². The van der Waals surface area contributed by atoms with Gasteiger partial charge in [-0.15, -0.1) is 0 Å². The molecule has 120 valence electrons. The molecule has 1 aromatic carbocycles. The Morgan fingerprint density at radius 2 is 2.00 bits per heavy atom. The van der Waals surface area contributed by atoms with E-state index < -0.39 is 0 Å². The fourth-order valence-corrected chi connectivity index (χ4v) is 2.18. The summed E-state index contributed by atoms with van der Waals surface area (Å²) in [4.78, 5) is 24.5. The standard InChI is InChI=1S/C18H17N5O/c1-13-5-2-3-7-15(13)23-17-9-16(21-12-22-17)18(24)20-11-14-6-4-8-19-10-14/h2-10,12H,11H2,1H3,(H,20,24)(H,21,22,23). The summed E-state index contributed by atoms with van der Waals surface area (Å²) in [6.45, 7) is 2.41. The highest BCUT2D eigenvalue weighted by molar-refractivity contribution is 5.92.